The van der Waals surface area contributed by atoms with Crippen LogP contribution in [0.3, 0.4) is 0 Å². The van der Waals surface area contributed by atoms with E-state index in [0.29, 0.717) is 6.07 Å². The van der Waals surface area contributed by atoms with Gasteiger partial charge in [-0.2, -0.15) is 13.2 Å². The number of nitrogens with zero attached hydrogens (tertiary/aromatic N) is 1. The number of hydrogen-bond donors (Lipinski definition) is 2. The molecule has 1 atom stereocenters. The minimum Gasteiger partial charge on any atom is -0.406 e. The third-order valence-corrected chi connectivity index (χ3v) is 26.1. The van der Waals surface area contributed by atoms with Crippen LogP contribution in [-0.4, -0.2) is 87.9 Å². The van der Waals surface area contributed by atoms with Crippen molar-refractivity contribution in [1.29, 1.82) is 0 Å². The summed E-state index contributed by atoms with van der Waals surface area (Å²) in [4.78, 5) is 15.4. The Balaban J connectivity index is 1.41. The molecule has 0 spiro atoms. The van der Waals surface area contributed by atoms with Gasteiger partial charge in [-0.25, -0.2) is 22.0 Å². The number of thioether (sulfide) groups is 1. The van der Waals surface area contributed by atoms with Crippen molar-refractivity contribution >= 4 is 80.6 Å². The van der Waals surface area contributed by atoms with Gasteiger partial charge in [-0.1, -0.05) is 181 Å². The van der Waals surface area contributed by atoms with Crippen LogP contribution in [-0.2, 0) is 33.5 Å². The van der Waals surface area contributed by atoms with E-state index >= 15 is 4.79 Å². The smallest absolute Gasteiger partial charge is 0.406 e. The first-order valence-corrected chi connectivity index (χ1v) is 31.0. The second-order valence-electron chi connectivity index (χ2n) is 19.2. The molecule has 10 nitrogen and oxygen atoms in total. The van der Waals surface area contributed by atoms with Gasteiger partial charge in [0.05, 0.1) is 23.8 Å². The number of anilines is 1. The molecule has 6 aromatic rings. The second kappa shape index (κ2) is 22.8. The van der Waals surface area contributed by atoms with Crippen LogP contribution in [0.4, 0.5) is 18.9 Å². The molecule has 0 aliphatic carbocycles. The number of carbonyl (C=O) groups is 1. The van der Waals surface area contributed by atoms with Crippen LogP contribution >= 0.6 is 11.8 Å². The number of sulfonamides is 1. The number of nitrogens with two attached hydrogens (primary N) is 1. The predicted molar refractivity (Wildman–Crippen MR) is 284 cm³/mol. The van der Waals surface area contributed by atoms with Gasteiger partial charge in [0.15, 0.2) is 0 Å². The van der Waals surface area contributed by atoms with E-state index in [2.05, 4.69) is 95.4 Å². The van der Waals surface area contributed by atoms with E-state index in [9.17, 15) is 30.0 Å². The molecule has 0 saturated carbocycles. The summed E-state index contributed by atoms with van der Waals surface area (Å²) < 4.78 is 108. The summed E-state index contributed by atoms with van der Waals surface area (Å²) in [7, 11) is -16.9. The lowest BCUT2D eigenvalue weighted by molar-refractivity contribution is -0.132. The Kier molecular flexibility index (Phi) is 17.7. The average Bonchev–Trinajstić information content (AvgIpc) is 3.33. The maximum Gasteiger partial charge on any atom is 0.501 e. The summed E-state index contributed by atoms with van der Waals surface area (Å²) in [5, 5.41) is 11.6. The fraction of sp³-hybridized carbons (Fsp3) is 0.302. The molecular formula is C53H62F3N3O7S3Si2. The fourth-order valence-electron chi connectivity index (χ4n) is 9.07. The maximum atomic E-state index is 15.2. The zero-order chi connectivity index (χ0) is 51.7. The molecule has 378 valence electrons. The van der Waals surface area contributed by atoms with Gasteiger partial charge in [0.2, 0.25) is 15.9 Å². The molecular weight excluding hydrogens is 1000 g/mol. The first-order valence-electron chi connectivity index (χ1n) is 23.1. The van der Waals surface area contributed by atoms with Gasteiger partial charge in [-0.3, -0.25) is 4.79 Å². The molecule has 18 heteroatoms. The van der Waals surface area contributed by atoms with E-state index in [1.165, 1.54) is 11.8 Å². The number of halogens is 3. The van der Waals surface area contributed by atoms with E-state index in [1.54, 1.807) is 4.90 Å². The number of primary sulfonamides is 1. The van der Waals surface area contributed by atoms with Crippen molar-refractivity contribution in [3.05, 3.63) is 170 Å². The van der Waals surface area contributed by atoms with Crippen molar-refractivity contribution in [3.8, 4) is 0 Å². The average molecular weight is 1060 g/mol. The lowest BCUT2D eigenvalue weighted by Crippen LogP contribution is -2.67. The number of alkyl halides is 3. The molecule has 0 aromatic heterocycles. The predicted octanol–water partition coefficient (Wildman–Crippen LogP) is 8.57. The number of hydrogen-bond acceptors (Lipinski definition) is 9. The highest BCUT2D eigenvalue weighted by Crippen LogP contribution is 2.39. The molecule has 71 heavy (non-hydrogen) atoms. The maximum absolute atomic E-state index is 15.2. The quantitative estimate of drug-likeness (QED) is 0.0535. The van der Waals surface area contributed by atoms with Crippen molar-refractivity contribution in [2.45, 2.75) is 84.3 Å². The minimum absolute atomic E-state index is 0.0865. The van der Waals surface area contributed by atoms with Crippen molar-refractivity contribution in [2.24, 2.45) is 5.14 Å². The fourth-order valence-corrected chi connectivity index (χ4v) is 20.7. The molecule has 0 heterocycles. The normalized spacial score (nSPS) is 13.4. The summed E-state index contributed by atoms with van der Waals surface area (Å²) in [6.45, 7) is 13.4. The third-order valence-electron chi connectivity index (χ3n) is 12.4. The monoisotopic (exact) mass is 1060 g/mol. The van der Waals surface area contributed by atoms with Crippen LogP contribution in [0.15, 0.2) is 185 Å². The van der Waals surface area contributed by atoms with Crippen molar-refractivity contribution < 1.29 is 43.7 Å². The first-order chi connectivity index (χ1) is 33.4. The SMILES string of the molecule is CC(C)(C)[Si](OCCN(CCO[Si](c1ccccc1)(c1ccccc1)C(C)(C)C)C(=O)CC(CSc1ccccc1)Nc1ccc(S(N)(=O)=O)cc1S(=O)(=O)C(F)(F)F)(c1ccccc1)c1ccccc1. The van der Waals surface area contributed by atoms with Crippen LogP contribution in [0.1, 0.15) is 48.0 Å². The Labute approximate surface area is 423 Å². The summed E-state index contributed by atoms with van der Waals surface area (Å²) in [5.74, 6) is -0.321. The molecule has 0 aliphatic rings. The molecule has 6 aromatic carbocycles. The molecule has 1 amide bonds. The topological polar surface area (TPSA) is 145 Å². The summed E-state index contributed by atoms with van der Waals surface area (Å²) in [5.41, 5.74) is -6.34. The van der Waals surface area contributed by atoms with Crippen LogP contribution in [0.25, 0.3) is 0 Å². The van der Waals surface area contributed by atoms with Gasteiger partial charge in [0.25, 0.3) is 26.5 Å². The lowest BCUT2D eigenvalue weighted by Gasteiger charge is -2.44. The van der Waals surface area contributed by atoms with Crippen LogP contribution in [0, 0.1) is 0 Å². The molecule has 0 saturated heterocycles. The largest absolute Gasteiger partial charge is 0.501 e. The lowest BCUT2D eigenvalue weighted by atomic mass is 10.2. The van der Waals surface area contributed by atoms with Gasteiger partial charge in [0.1, 0.15) is 4.90 Å². The number of benzene rings is 6. The molecule has 0 fully saturated rings. The van der Waals surface area contributed by atoms with E-state index in [-0.39, 0.29) is 48.6 Å². The van der Waals surface area contributed by atoms with Gasteiger partial charge in [0, 0.05) is 36.2 Å². The third kappa shape index (κ3) is 12.8. The summed E-state index contributed by atoms with van der Waals surface area (Å²) >= 11 is 1.31. The van der Waals surface area contributed by atoms with Gasteiger partial charge >= 0.3 is 5.51 Å². The molecule has 6 rings (SSSR count). The zero-order valence-electron chi connectivity index (χ0n) is 40.7. The number of rotatable bonds is 21. The summed E-state index contributed by atoms with van der Waals surface area (Å²) in [6.07, 6.45) is -0.319. The highest BCUT2D eigenvalue weighted by molar-refractivity contribution is 7.99. The zero-order valence-corrected chi connectivity index (χ0v) is 45.2. The molecule has 0 radical (unpaired) electrons. The number of amides is 1. The van der Waals surface area contributed by atoms with E-state index in [1.807, 2.05) is 103 Å². The molecule has 1 unspecified atom stereocenters. The summed E-state index contributed by atoms with van der Waals surface area (Å²) in [6, 6.07) is 50.7. The Morgan fingerprint density at radius 3 is 1.35 bits per heavy atom. The molecule has 0 aliphatic heterocycles. The van der Waals surface area contributed by atoms with E-state index < -0.39 is 69.4 Å². The number of carbonyl (C=O) groups excluding carboxylic acids is 1. The first kappa shape index (κ1) is 55.3. The number of sulfone groups is 1. The second-order valence-corrected chi connectivity index (χ2v) is 32.4. The Morgan fingerprint density at radius 2 is 1.00 bits per heavy atom. The van der Waals surface area contributed by atoms with E-state index in [4.69, 9.17) is 14.0 Å². The van der Waals surface area contributed by atoms with Crippen LogP contribution in [0.2, 0.25) is 10.1 Å². The van der Waals surface area contributed by atoms with Crippen molar-refractivity contribution in [3.63, 3.8) is 0 Å². The van der Waals surface area contributed by atoms with Crippen molar-refractivity contribution in [1.82, 2.24) is 4.90 Å². The Hall–Kier alpha value is -5.06. The van der Waals surface area contributed by atoms with Gasteiger partial charge in [-0.05, 0) is 61.2 Å². The minimum atomic E-state index is -6.13. The Morgan fingerprint density at radius 1 is 0.620 bits per heavy atom. The highest BCUT2D eigenvalue weighted by atomic mass is 32.2. The van der Waals surface area contributed by atoms with E-state index in [0.717, 1.165) is 37.8 Å². The van der Waals surface area contributed by atoms with Crippen molar-refractivity contribution in [2.75, 3.05) is 37.4 Å². The Bertz CT molecular complexity index is 2730. The van der Waals surface area contributed by atoms with Gasteiger partial charge in [-0.15, -0.1) is 11.8 Å². The van der Waals surface area contributed by atoms with Crippen LogP contribution < -0.4 is 31.2 Å². The standard InChI is InChI=1S/C53H62F3N3O7S3Si2/c1-51(2,3)70(44-24-14-8-15-25-44,45-26-16-9-17-27-45)65-36-34-59(35-37-66-71(52(4,5)6,46-28-18-10-19-29-46)47-30-20-11-21-31-47)50(60)38-41(40-67-42-22-12-7-13-23-42)58-48-33-32-43(69(57,63)64)39-49(48)68(61,62)53(54,55)56/h7-33,39,41,58H,34-38,40H2,1-6H3,(H2,57,63,64). The van der Waals surface area contributed by atoms with Crippen LogP contribution in [0.5, 0.6) is 0 Å². The highest BCUT2D eigenvalue weighted by Gasteiger charge is 2.52. The molecule has 0 bridgehead atoms. The number of nitrogens with one attached hydrogen (secondary N) is 1. The van der Waals surface area contributed by atoms with Gasteiger partial charge < -0.3 is 19.1 Å². The molecule has 3 N–H and O–H groups in total.